The number of carboxylic acid groups (broad SMARTS) is 1. The molecule has 1 heterocycles. The first-order valence-corrected chi connectivity index (χ1v) is 6.82. The van der Waals surface area contributed by atoms with E-state index in [4.69, 9.17) is 9.84 Å². The molecule has 1 fully saturated rings. The average molecular weight is 264 g/mol. The summed E-state index contributed by atoms with van der Waals surface area (Å²) in [4.78, 5) is 19.4. The van der Waals surface area contributed by atoms with E-state index < -0.39 is 5.97 Å². The van der Waals surface area contributed by atoms with Crippen molar-refractivity contribution in [3.63, 3.8) is 0 Å². The largest absolute Gasteiger partial charge is 0.481 e. The fourth-order valence-corrected chi connectivity index (χ4v) is 2.53. The number of methoxy groups -OCH3 is 1. The highest BCUT2D eigenvalue weighted by Gasteiger charge is 2.19. The lowest BCUT2D eigenvalue weighted by atomic mass is 9.87. The summed E-state index contributed by atoms with van der Waals surface area (Å²) in [6, 6.07) is 1.89. The minimum absolute atomic E-state index is 0.0529. The van der Waals surface area contributed by atoms with E-state index in [2.05, 4.69) is 9.97 Å². The van der Waals surface area contributed by atoms with Crippen molar-refractivity contribution in [2.75, 3.05) is 7.11 Å². The maximum Gasteiger partial charge on any atom is 0.303 e. The number of aromatic nitrogens is 2. The van der Waals surface area contributed by atoms with E-state index >= 15 is 0 Å². The summed E-state index contributed by atoms with van der Waals surface area (Å²) >= 11 is 0. The van der Waals surface area contributed by atoms with E-state index in [0.29, 0.717) is 24.0 Å². The summed E-state index contributed by atoms with van der Waals surface area (Å²) in [7, 11) is 1.58. The minimum atomic E-state index is -0.828. The lowest BCUT2D eigenvalue weighted by Gasteiger charge is -2.21. The summed E-state index contributed by atoms with van der Waals surface area (Å²) in [5.74, 6) is 0.748. The van der Waals surface area contributed by atoms with Crippen molar-refractivity contribution in [3.8, 4) is 5.88 Å². The van der Waals surface area contributed by atoms with Crippen LogP contribution in [0.25, 0.3) is 0 Å². The number of aryl methyl sites for hydroxylation is 1. The Labute approximate surface area is 113 Å². The number of hydrogen-bond donors (Lipinski definition) is 1. The first-order chi connectivity index (χ1) is 9.19. The van der Waals surface area contributed by atoms with Gasteiger partial charge in [0.05, 0.1) is 19.2 Å². The molecule has 1 aromatic rings. The minimum Gasteiger partial charge on any atom is -0.481 e. The number of ether oxygens (including phenoxy) is 1. The summed E-state index contributed by atoms with van der Waals surface area (Å²) in [6.45, 7) is 0. The molecule has 1 N–H and O–H groups in total. The molecule has 5 heteroatoms. The molecule has 0 unspecified atom stereocenters. The Morgan fingerprint density at radius 2 is 2.11 bits per heavy atom. The Hall–Kier alpha value is -1.65. The van der Waals surface area contributed by atoms with Crippen LogP contribution in [-0.2, 0) is 11.2 Å². The third-order valence-corrected chi connectivity index (χ3v) is 3.56. The maximum absolute atomic E-state index is 10.6. The van der Waals surface area contributed by atoms with Crippen LogP contribution in [0.5, 0.6) is 5.88 Å². The van der Waals surface area contributed by atoms with Crippen molar-refractivity contribution < 1.29 is 14.6 Å². The van der Waals surface area contributed by atoms with Gasteiger partial charge in [0.15, 0.2) is 0 Å². The highest BCUT2D eigenvalue weighted by atomic mass is 16.5. The first kappa shape index (κ1) is 13.8. The fourth-order valence-electron chi connectivity index (χ4n) is 2.53. The Balaban J connectivity index is 2.16. The van der Waals surface area contributed by atoms with Crippen molar-refractivity contribution in [1.82, 2.24) is 9.97 Å². The van der Waals surface area contributed by atoms with Gasteiger partial charge in [-0.25, -0.2) is 4.98 Å². The van der Waals surface area contributed by atoms with Gasteiger partial charge in [0.2, 0.25) is 5.88 Å². The number of nitrogens with zero attached hydrogens (tertiary/aromatic N) is 2. The number of carboxylic acids is 1. The molecule has 0 aromatic carbocycles. The van der Waals surface area contributed by atoms with Crippen molar-refractivity contribution >= 4 is 5.97 Å². The molecule has 0 bridgehead atoms. The molecule has 1 aliphatic carbocycles. The van der Waals surface area contributed by atoms with Crippen LogP contribution in [0.2, 0.25) is 0 Å². The second-order valence-corrected chi connectivity index (χ2v) is 4.98. The number of aliphatic carboxylic acids is 1. The van der Waals surface area contributed by atoms with Gasteiger partial charge in [0, 0.05) is 18.4 Å². The number of rotatable bonds is 5. The molecule has 1 saturated carbocycles. The van der Waals surface area contributed by atoms with Crippen molar-refractivity contribution in [2.24, 2.45) is 0 Å². The molecule has 0 spiro atoms. The van der Waals surface area contributed by atoms with Gasteiger partial charge in [-0.05, 0) is 12.8 Å². The second kappa shape index (κ2) is 6.50. The van der Waals surface area contributed by atoms with E-state index in [1.807, 2.05) is 6.07 Å². The van der Waals surface area contributed by atoms with Crippen LogP contribution >= 0.6 is 0 Å². The third-order valence-electron chi connectivity index (χ3n) is 3.56. The molecule has 2 rings (SSSR count). The zero-order chi connectivity index (χ0) is 13.7. The topological polar surface area (TPSA) is 72.3 Å². The van der Waals surface area contributed by atoms with E-state index in [9.17, 15) is 4.79 Å². The Kier molecular flexibility index (Phi) is 4.71. The molecule has 0 aliphatic heterocycles. The maximum atomic E-state index is 10.6. The van der Waals surface area contributed by atoms with Gasteiger partial charge in [-0.3, -0.25) is 4.79 Å². The predicted octanol–water partition coefficient (Wildman–Crippen LogP) is 2.55. The number of hydrogen-bond acceptors (Lipinski definition) is 4. The normalized spacial score (nSPS) is 16.3. The van der Waals surface area contributed by atoms with E-state index in [0.717, 1.165) is 18.5 Å². The SMILES string of the molecule is COc1cc(C2CCCCC2)nc(CCC(=O)O)n1. The molecule has 1 aliphatic rings. The molecule has 0 radical (unpaired) electrons. The van der Waals surface area contributed by atoms with Crippen LogP contribution in [0, 0.1) is 0 Å². The van der Waals surface area contributed by atoms with E-state index in [1.54, 1.807) is 7.11 Å². The number of carbonyl (C=O) groups is 1. The lowest BCUT2D eigenvalue weighted by molar-refractivity contribution is -0.137. The van der Waals surface area contributed by atoms with Gasteiger partial charge in [-0.2, -0.15) is 4.98 Å². The predicted molar refractivity (Wildman–Crippen MR) is 70.4 cm³/mol. The first-order valence-electron chi connectivity index (χ1n) is 6.82. The second-order valence-electron chi connectivity index (χ2n) is 4.98. The quantitative estimate of drug-likeness (QED) is 0.884. The highest BCUT2D eigenvalue weighted by Crippen LogP contribution is 2.32. The molecule has 5 nitrogen and oxygen atoms in total. The van der Waals surface area contributed by atoms with E-state index in [-0.39, 0.29) is 6.42 Å². The summed E-state index contributed by atoms with van der Waals surface area (Å²) < 4.78 is 5.19. The van der Waals surface area contributed by atoms with Crippen molar-refractivity contribution in [1.29, 1.82) is 0 Å². The summed E-state index contributed by atoms with van der Waals surface area (Å²) in [6.07, 6.45) is 6.48. The molecule has 1 aromatic heterocycles. The van der Waals surface area contributed by atoms with Gasteiger partial charge in [0.25, 0.3) is 0 Å². The molecular formula is C14H20N2O3. The van der Waals surface area contributed by atoms with Crippen molar-refractivity contribution in [2.45, 2.75) is 50.9 Å². The lowest BCUT2D eigenvalue weighted by Crippen LogP contribution is -2.10. The van der Waals surface area contributed by atoms with Crippen LogP contribution in [0.15, 0.2) is 6.07 Å². The van der Waals surface area contributed by atoms with Crippen LogP contribution in [0.1, 0.15) is 56.0 Å². The molecular weight excluding hydrogens is 244 g/mol. The van der Waals surface area contributed by atoms with Gasteiger partial charge in [-0.15, -0.1) is 0 Å². The molecule has 104 valence electrons. The standard InChI is InChI=1S/C14H20N2O3/c1-19-13-9-11(10-5-3-2-4-6-10)15-12(16-13)7-8-14(17)18/h9-10H,2-8H2,1H3,(H,17,18). The van der Waals surface area contributed by atoms with Crippen LogP contribution < -0.4 is 4.74 Å². The van der Waals surface area contributed by atoms with Crippen LogP contribution in [-0.4, -0.2) is 28.2 Å². The van der Waals surface area contributed by atoms with Crippen LogP contribution in [0.4, 0.5) is 0 Å². The van der Waals surface area contributed by atoms with Gasteiger partial charge < -0.3 is 9.84 Å². The Bertz CT molecular complexity index is 442. The molecule has 0 saturated heterocycles. The summed E-state index contributed by atoms with van der Waals surface area (Å²) in [5, 5.41) is 8.73. The monoisotopic (exact) mass is 264 g/mol. The summed E-state index contributed by atoms with van der Waals surface area (Å²) in [5.41, 5.74) is 1.01. The highest BCUT2D eigenvalue weighted by molar-refractivity contribution is 5.66. The zero-order valence-corrected chi connectivity index (χ0v) is 11.3. The molecule has 19 heavy (non-hydrogen) atoms. The van der Waals surface area contributed by atoms with Crippen LogP contribution in [0.3, 0.4) is 0 Å². The smallest absolute Gasteiger partial charge is 0.303 e. The van der Waals surface area contributed by atoms with Gasteiger partial charge in [-0.1, -0.05) is 19.3 Å². The Morgan fingerprint density at radius 3 is 2.74 bits per heavy atom. The molecule has 0 atom stereocenters. The van der Waals surface area contributed by atoms with Gasteiger partial charge >= 0.3 is 5.97 Å². The van der Waals surface area contributed by atoms with Gasteiger partial charge in [0.1, 0.15) is 5.82 Å². The average Bonchev–Trinajstić information content (AvgIpc) is 2.45. The third kappa shape index (κ3) is 3.91. The zero-order valence-electron chi connectivity index (χ0n) is 11.3. The fraction of sp³-hybridized carbons (Fsp3) is 0.643. The Morgan fingerprint density at radius 1 is 1.37 bits per heavy atom. The molecule has 0 amide bonds. The van der Waals surface area contributed by atoms with Crippen molar-refractivity contribution in [3.05, 3.63) is 17.6 Å². The van der Waals surface area contributed by atoms with E-state index in [1.165, 1.54) is 19.3 Å².